The van der Waals surface area contributed by atoms with Crippen LogP contribution in [0.25, 0.3) is 0 Å². The minimum atomic E-state index is -0.739. The second-order valence-electron chi connectivity index (χ2n) is 7.04. The number of ketones is 1. The summed E-state index contributed by atoms with van der Waals surface area (Å²) >= 11 is 0. The molecule has 0 aromatic rings. The van der Waals surface area contributed by atoms with Gasteiger partial charge in [0.25, 0.3) is 0 Å². The van der Waals surface area contributed by atoms with E-state index in [9.17, 15) is 9.59 Å². The highest BCUT2D eigenvalue weighted by atomic mass is 16.4. The van der Waals surface area contributed by atoms with Crippen LogP contribution in [0.15, 0.2) is 0 Å². The van der Waals surface area contributed by atoms with E-state index in [1.54, 1.807) is 6.92 Å². The normalized spacial score (nSPS) is 28.4. The maximum atomic E-state index is 11.5. The number of carboxylic acids is 1. The van der Waals surface area contributed by atoms with Gasteiger partial charge in [0.1, 0.15) is 5.78 Å². The van der Waals surface area contributed by atoms with Crippen molar-refractivity contribution in [3.63, 3.8) is 0 Å². The molecule has 0 aliphatic carbocycles. The fraction of sp³-hybridized carbons (Fsp3) is 0.882. The number of rotatable bonds is 4. The molecule has 24 heavy (non-hydrogen) atoms. The number of carbonyl (C=O) groups is 2. The first-order valence-electron chi connectivity index (χ1n) is 9.13. The van der Waals surface area contributed by atoms with Crippen molar-refractivity contribution in [1.82, 2.24) is 19.6 Å². The predicted molar refractivity (Wildman–Crippen MR) is 93.3 cm³/mol. The molecule has 0 radical (unpaired) electrons. The second-order valence-corrected chi connectivity index (χ2v) is 7.04. The fourth-order valence-electron chi connectivity index (χ4n) is 3.60. The Hall–Kier alpha value is -1.02. The minimum absolute atomic E-state index is 0.139. The van der Waals surface area contributed by atoms with Gasteiger partial charge in [-0.2, -0.15) is 0 Å². The summed E-state index contributed by atoms with van der Waals surface area (Å²) in [5, 5.41) is 9.07. The fourth-order valence-corrected chi connectivity index (χ4v) is 3.60. The third-order valence-electron chi connectivity index (χ3n) is 4.90. The number of hydrogen-bond donors (Lipinski definition) is 1. The Labute approximate surface area is 145 Å². The Morgan fingerprint density at radius 2 is 1.17 bits per heavy atom. The van der Waals surface area contributed by atoms with E-state index in [-0.39, 0.29) is 12.3 Å². The van der Waals surface area contributed by atoms with E-state index in [1.807, 2.05) is 0 Å². The third kappa shape index (κ3) is 7.25. The highest BCUT2D eigenvalue weighted by Gasteiger charge is 2.19. The van der Waals surface area contributed by atoms with Crippen molar-refractivity contribution in [3.05, 3.63) is 0 Å². The van der Waals surface area contributed by atoms with Crippen LogP contribution in [0.2, 0.25) is 0 Å². The average Bonchev–Trinajstić information content (AvgIpc) is 2.51. The van der Waals surface area contributed by atoms with Gasteiger partial charge in [-0.05, 0) is 39.4 Å². The standard InChI is InChI=1S/C17H32N4O3/c1-16(22)14-20-6-2-4-19-9-8-18(10-12-20)5-3-7-21(13-11-19)15-17(23)24/h2-15H2,1H3,(H,23,24). The topological polar surface area (TPSA) is 67.3 Å². The molecule has 2 aliphatic rings. The number of carboxylic acid groups (broad SMARTS) is 1. The summed E-state index contributed by atoms with van der Waals surface area (Å²) in [6.07, 6.45) is 2.06. The molecule has 0 aromatic heterocycles. The third-order valence-corrected chi connectivity index (χ3v) is 4.90. The summed E-state index contributed by atoms with van der Waals surface area (Å²) in [4.78, 5) is 31.7. The molecule has 2 unspecified atom stereocenters. The molecule has 0 aromatic carbocycles. The van der Waals surface area contributed by atoms with E-state index in [2.05, 4.69) is 19.6 Å². The molecular weight excluding hydrogens is 308 g/mol. The summed E-state index contributed by atoms with van der Waals surface area (Å²) in [6.45, 7) is 12.0. The second kappa shape index (κ2) is 10.1. The van der Waals surface area contributed by atoms with Gasteiger partial charge in [0.15, 0.2) is 0 Å². The number of fused-ring (bicyclic) bond motifs is 3. The first-order chi connectivity index (χ1) is 11.5. The largest absolute Gasteiger partial charge is 0.480 e. The molecule has 2 saturated heterocycles. The monoisotopic (exact) mass is 340 g/mol. The zero-order chi connectivity index (χ0) is 17.4. The summed E-state index contributed by atoms with van der Waals surface area (Å²) in [5.41, 5.74) is 0. The summed E-state index contributed by atoms with van der Waals surface area (Å²) in [7, 11) is 0. The van der Waals surface area contributed by atoms with Crippen LogP contribution in [0, 0.1) is 0 Å². The Morgan fingerprint density at radius 1 is 0.708 bits per heavy atom. The Balaban J connectivity index is 1.96. The van der Waals surface area contributed by atoms with Crippen LogP contribution >= 0.6 is 0 Å². The Kier molecular flexibility index (Phi) is 8.11. The maximum Gasteiger partial charge on any atom is 0.317 e. The van der Waals surface area contributed by atoms with Gasteiger partial charge >= 0.3 is 5.97 Å². The molecule has 2 aliphatic heterocycles. The van der Waals surface area contributed by atoms with E-state index in [4.69, 9.17) is 5.11 Å². The smallest absolute Gasteiger partial charge is 0.317 e. The van der Waals surface area contributed by atoms with Gasteiger partial charge in [-0.1, -0.05) is 0 Å². The SMILES string of the molecule is CC(=O)CN1CCCN2CCN(CCCN(CC(=O)O)CC2)CC1. The molecule has 7 nitrogen and oxygen atoms in total. The average molecular weight is 340 g/mol. The molecule has 2 heterocycles. The molecule has 1 N–H and O–H groups in total. The van der Waals surface area contributed by atoms with Gasteiger partial charge in [-0.15, -0.1) is 0 Å². The van der Waals surface area contributed by atoms with Crippen LogP contribution in [-0.4, -0.2) is 115 Å². The van der Waals surface area contributed by atoms with Gasteiger partial charge in [0, 0.05) is 45.8 Å². The van der Waals surface area contributed by atoms with Gasteiger partial charge < -0.3 is 14.9 Å². The quantitative estimate of drug-likeness (QED) is 0.752. The predicted octanol–water partition coefficient (Wildman–Crippen LogP) is -0.325. The van der Waals surface area contributed by atoms with Crippen molar-refractivity contribution < 1.29 is 14.7 Å². The molecule has 2 atom stereocenters. The summed E-state index contributed by atoms with van der Waals surface area (Å²) in [5.74, 6) is -0.502. The van der Waals surface area contributed by atoms with E-state index in [0.29, 0.717) is 6.54 Å². The Bertz CT molecular complexity index is 381. The first-order valence-corrected chi connectivity index (χ1v) is 9.13. The summed E-state index contributed by atoms with van der Waals surface area (Å²) in [6, 6.07) is 0. The molecule has 138 valence electrons. The highest BCUT2D eigenvalue weighted by Crippen LogP contribution is 2.06. The van der Waals surface area contributed by atoms with Crippen LogP contribution in [0.4, 0.5) is 0 Å². The van der Waals surface area contributed by atoms with Gasteiger partial charge in [-0.3, -0.25) is 19.4 Å². The lowest BCUT2D eigenvalue weighted by Gasteiger charge is -2.35. The molecule has 0 spiro atoms. The van der Waals surface area contributed by atoms with Crippen molar-refractivity contribution in [2.45, 2.75) is 19.8 Å². The van der Waals surface area contributed by atoms with Crippen LogP contribution in [0.5, 0.6) is 0 Å². The van der Waals surface area contributed by atoms with Crippen molar-refractivity contribution in [1.29, 1.82) is 0 Å². The lowest BCUT2D eigenvalue weighted by Crippen LogP contribution is -2.48. The van der Waals surface area contributed by atoms with Gasteiger partial charge in [-0.25, -0.2) is 0 Å². The number of hydrogen-bond acceptors (Lipinski definition) is 6. The molecule has 2 rings (SSSR count). The molecule has 2 fully saturated rings. The first kappa shape index (κ1) is 19.3. The van der Waals surface area contributed by atoms with E-state index >= 15 is 0 Å². The maximum absolute atomic E-state index is 11.5. The molecule has 0 amide bonds. The number of Topliss-reactive ketones (excluding diaryl/α,β-unsaturated/α-hetero) is 1. The lowest BCUT2D eigenvalue weighted by molar-refractivity contribution is -0.138. The van der Waals surface area contributed by atoms with E-state index < -0.39 is 5.97 Å². The highest BCUT2D eigenvalue weighted by molar-refractivity contribution is 5.77. The van der Waals surface area contributed by atoms with E-state index in [0.717, 1.165) is 78.3 Å². The summed E-state index contributed by atoms with van der Waals surface area (Å²) < 4.78 is 0. The van der Waals surface area contributed by atoms with Gasteiger partial charge in [0.05, 0.1) is 13.1 Å². The zero-order valence-electron chi connectivity index (χ0n) is 15.0. The molecule has 0 saturated carbocycles. The van der Waals surface area contributed by atoms with E-state index in [1.165, 1.54) is 0 Å². The van der Waals surface area contributed by atoms with Crippen LogP contribution in [-0.2, 0) is 9.59 Å². The number of carbonyl (C=O) groups excluding carboxylic acids is 1. The number of nitrogens with zero attached hydrogens (tertiary/aromatic N) is 4. The van der Waals surface area contributed by atoms with Crippen molar-refractivity contribution in [2.75, 3.05) is 78.5 Å². The van der Waals surface area contributed by atoms with Crippen molar-refractivity contribution in [3.8, 4) is 0 Å². The van der Waals surface area contributed by atoms with Crippen LogP contribution < -0.4 is 0 Å². The van der Waals surface area contributed by atoms with Crippen molar-refractivity contribution >= 4 is 11.8 Å². The van der Waals surface area contributed by atoms with Crippen LogP contribution in [0.3, 0.4) is 0 Å². The molecule has 2 bridgehead atoms. The molecule has 7 heteroatoms. The van der Waals surface area contributed by atoms with Gasteiger partial charge in [0.2, 0.25) is 0 Å². The van der Waals surface area contributed by atoms with Crippen LogP contribution in [0.1, 0.15) is 19.8 Å². The zero-order valence-corrected chi connectivity index (χ0v) is 15.0. The lowest BCUT2D eigenvalue weighted by atomic mass is 10.2. The minimum Gasteiger partial charge on any atom is -0.480 e. The molecular formula is C17H32N4O3. The number of aliphatic carboxylic acids is 1. The Morgan fingerprint density at radius 3 is 1.62 bits per heavy atom. The van der Waals surface area contributed by atoms with Crippen molar-refractivity contribution in [2.24, 2.45) is 0 Å².